The molecule has 2 heteroatoms. The molecule has 0 aromatic heterocycles. The monoisotopic (exact) mass is 255 g/mol. The molecule has 2 bridgehead atoms. The van der Waals surface area contributed by atoms with Crippen LogP contribution < -0.4 is 5.32 Å². The number of carbonyl (C=O) groups excluding carboxylic acids is 1. The summed E-state index contributed by atoms with van der Waals surface area (Å²) < 4.78 is 0. The number of aryl methyl sites for hydroxylation is 2. The van der Waals surface area contributed by atoms with E-state index < -0.39 is 0 Å². The van der Waals surface area contributed by atoms with Crippen molar-refractivity contribution in [1.29, 1.82) is 0 Å². The van der Waals surface area contributed by atoms with Crippen LogP contribution in [0.1, 0.15) is 30.4 Å². The van der Waals surface area contributed by atoms with Crippen LogP contribution in [0.15, 0.2) is 36.4 Å². The zero-order valence-electron chi connectivity index (χ0n) is 11.4. The summed E-state index contributed by atoms with van der Waals surface area (Å²) >= 11 is 0. The first kappa shape index (κ1) is 12.5. The Morgan fingerprint density at radius 2 is 2.00 bits per heavy atom. The first-order valence-electron chi connectivity index (χ1n) is 7.24. The van der Waals surface area contributed by atoms with Crippen molar-refractivity contribution in [3.05, 3.63) is 47.5 Å². The van der Waals surface area contributed by atoms with Gasteiger partial charge in [0.2, 0.25) is 5.91 Å². The number of allylic oxidation sites excluding steroid dienone is 1. The van der Waals surface area contributed by atoms with Gasteiger partial charge in [0.15, 0.2) is 0 Å². The molecule has 0 saturated heterocycles. The highest BCUT2D eigenvalue weighted by atomic mass is 16.1. The highest BCUT2D eigenvalue weighted by Gasteiger charge is 2.36. The van der Waals surface area contributed by atoms with Gasteiger partial charge >= 0.3 is 0 Å². The van der Waals surface area contributed by atoms with Gasteiger partial charge in [-0.2, -0.15) is 0 Å². The van der Waals surface area contributed by atoms with Crippen LogP contribution >= 0.6 is 0 Å². The van der Waals surface area contributed by atoms with E-state index in [4.69, 9.17) is 0 Å². The smallest absolute Gasteiger partial charge is 0.220 e. The van der Waals surface area contributed by atoms with Crippen molar-refractivity contribution in [1.82, 2.24) is 5.32 Å². The highest BCUT2D eigenvalue weighted by Crippen LogP contribution is 2.38. The molecule has 2 aliphatic rings. The highest BCUT2D eigenvalue weighted by molar-refractivity contribution is 5.76. The molecule has 1 saturated carbocycles. The third-order valence-electron chi connectivity index (χ3n) is 4.39. The van der Waals surface area contributed by atoms with Gasteiger partial charge in [0.05, 0.1) is 0 Å². The Kier molecular flexibility index (Phi) is 3.41. The molecule has 19 heavy (non-hydrogen) atoms. The first-order valence-corrected chi connectivity index (χ1v) is 7.24. The zero-order valence-corrected chi connectivity index (χ0v) is 11.4. The summed E-state index contributed by atoms with van der Waals surface area (Å²) in [4.78, 5) is 12.0. The predicted octanol–water partition coefficient (Wildman–Crippen LogP) is 3.01. The van der Waals surface area contributed by atoms with E-state index in [1.54, 1.807) is 0 Å². The van der Waals surface area contributed by atoms with E-state index in [-0.39, 0.29) is 5.91 Å². The Morgan fingerprint density at radius 3 is 2.63 bits per heavy atom. The van der Waals surface area contributed by atoms with Crippen molar-refractivity contribution in [3.63, 3.8) is 0 Å². The SMILES string of the molecule is Cc1ccc(CCC(=O)NC2CC3C=CC2C3)cc1. The second kappa shape index (κ2) is 5.20. The van der Waals surface area contributed by atoms with Gasteiger partial charge in [-0.25, -0.2) is 0 Å². The minimum Gasteiger partial charge on any atom is -0.353 e. The lowest BCUT2D eigenvalue weighted by atomic mass is 10.0. The predicted molar refractivity (Wildman–Crippen MR) is 76.8 cm³/mol. The first-order chi connectivity index (χ1) is 9.20. The van der Waals surface area contributed by atoms with Crippen molar-refractivity contribution in [2.75, 3.05) is 0 Å². The van der Waals surface area contributed by atoms with E-state index in [0.717, 1.165) is 12.8 Å². The van der Waals surface area contributed by atoms with Gasteiger partial charge in [0, 0.05) is 12.5 Å². The van der Waals surface area contributed by atoms with E-state index in [1.807, 2.05) is 0 Å². The van der Waals surface area contributed by atoms with Gasteiger partial charge in [-0.05, 0) is 43.6 Å². The van der Waals surface area contributed by atoms with E-state index in [1.165, 1.54) is 17.5 Å². The lowest BCUT2D eigenvalue weighted by Crippen LogP contribution is -2.37. The van der Waals surface area contributed by atoms with Crippen molar-refractivity contribution in [2.24, 2.45) is 11.8 Å². The Hall–Kier alpha value is -1.57. The summed E-state index contributed by atoms with van der Waals surface area (Å²) in [7, 11) is 0. The Bertz CT molecular complexity index is 488. The molecule has 3 atom stereocenters. The molecule has 0 aliphatic heterocycles. The molecule has 0 radical (unpaired) electrons. The topological polar surface area (TPSA) is 29.1 Å². The standard InChI is InChI=1S/C17H21NO/c1-12-2-4-13(5-3-12)7-9-17(19)18-16-11-14-6-8-15(16)10-14/h2-6,8,14-16H,7,9-11H2,1H3,(H,18,19). The molecular formula is C17H21NO. The van der Waals surface area contributed by atoms with Crippen LogP contribution in [0.25, 0.3) is 0 Å². The second-order valence-electron chi connectivity index (χ2n) is 5.94. The van der Waals surface area contributed by atoms with Gasteiger partial charge in [0.1, 0.15) is 0 Å². The maximum absolute atomic E-state index is 12.0. The fraction of sp³-hybridized carbons (Fsp3) is 0.471. The Morgan fingerprint density at radius 1 is 1.21 bits per heavy atom. The number of benzene rings is 1. The normalized spacial score (nSPS) is 27.7. The summed E-state index contributed by atoms with van der Waals surface area (Å²) in [6.45, 7) is 2.08. The fourth-order valence-corrected chi connectivity index (χ4v) is 3.24. The van der Waals surface area contributed by atoms with Crippen molar-refractivity contribution in [3.8, 4) is 0 Å². The van der Waals surface area contributed by atoms with Crippen LogP contribution in [-0.4, -0.2) is 11.9 Å². The zero-order chi connectivity index (χ0) is 13.2. The summed E-state index contributed by atoms with van der Waals surface area (Å²) in [5.41, 5.74) is 2.51. The van der Waals surface area contributed by atoms with Gasteiger partial charge < -0.3 is 5.32 Å². The van der Waals surface area contributed by atoms with Crippen LogP contribution in [0.4, 0.5) is 0 Å². The minimum atomic E-state index is 0.200. The lowest BCUT2D eigenvalue weighted by Gasteiger charge is -2.19. The number of hydrogen-bond donors (Lipinski definition) is 1. The molecule has 0 heterocycles. The maximum atomic E-state index is 12.0. The molecule has 1 aromatic rings. The quantitative estimate of drug-likeness (QED) is 0.823. The molecule has 1 amide bonds. The van der Waals surface area contributed by atoms with E-state index in [2.05, 4.69) is 48.7 Å². The fourth-order valence-electron chi connectivity index (χ4n) is 3.24. The summed E-state index contributed by atoms with van der Waals surface area (Å²) in [5, 5.41) is 3.20. The van der Waals surface area contributed by atoms with E-state index in [9.17, 15) is 4.79 Å². The van der Waals surface area contributed by atoms with Crippen LogP contribution in [0, 0.1) is 18.8 Å². The van der Waals surface area contributed by atoms with Crippen LogP contribution in [0.3, 0.4) is 0 Å². The third-order valence-corrected chi connectivity index (χ3v) is 4.39. The van der Waals surface area contributed by atoms with Gasteiger partial charge in [0.25, 0.3) is 0 Å². The summed E-state index contributed by atoms with van der Waals surface area (Å²) in [6.07, 6.45) is 8.39. The van der Waals surface area contributed by atoms with Gasteiger partial charge in [-0.3, -0.25) is 4.79 Å². The van der Waals surface area contributed by atoms with Gasteiger partial charge in [-0.1, -0.05) is 42.0 Å². The summed E-state index contributed by atoms with van der Waals surface area (Å²) in [5.74, 6) is 1.51. The molecule has 100 valence electrons. The third kappa shape index (κ3) is 2.89. The van der Waals surface area contributed by atoms with Gasteiger partial charge in [-0.15, -0.1) is 0 Å². The minimum absolute atomic E-state index is 0.200. The molecule has 1 fully saturated rings. The van der Waals surface area contributed by atoms with Crippen molar-refractivity contribution in [2.45, 2.75) is 38.6 Å². The molecular weight excluding hydrogens is 234 g/mol. The molecule has 2 aliphatic carbocycles. The van der Waals surface area contributed by atoms with Crippen molar-refractivity contribution < 1.29 is 4.79 Å². The number of carbonyl (C=O) groups is 1. The van der Waals surface area contributed by atoms with Crippen LogP contribution in [-0.2, 0) is 11.2 Å². The average molecular weight is 255 g/mol. The number of nitrogens with one attached hydrogen (secondary N) is 1. The number of amides is 1. The average Bonchev–Trinajstić information content (AvgIpc) is 3.00. The molecule has 2 nitrogen and oxygen atoms in total. The van der Waals surface area contributed by atoms with E-state index in [0.29, 0.717) is 24.3 Å². The van der Waals surface area contributed by atoms with E-state index >= 15 is 0 Å². The Balaban J connectivity index is 1.47. The van der Waals surface area contributed by atoms with Crippen LogP contribution in [0.2, 0.25) is 0 Å². The largest absolute Gasteiger partial charge is 0.353 e. The molecule has 1 aromatic carbocycles. The molecule has 0 spiro atoms. The molecule has 3 unspecified atom stereocenters. The lowest BCUT2D eigenvalue weighted by molar-refractivity contribution is -0.121. The summed E-state index contributed by atoms with van der Waals surface area (Å²) in [6, 6.07) is 8.83. The number of rotatable bonds is 4. The maximum Gasteiger partial charge on any atom is 0.220 e. The van der Waals surface area contributed by atoms with Crippen molar-refractivity contribution >= 4 is 5.91 Å². The second-order valence-corrected chi connectivity index (χ2v) is 5.94. The number of fused-ring (bicyclic) bond motifs is 2. The molecule has 1 N–H and O–H groups in total. The molecule has 3 rings (SSSR count). The number of hydrogen-bond acceptors (Lipinski definition) is 1. The Labute approximate surface area is 114 Å². The van der Waals surface area contributed by atoms with Crippen LogP contribution in [0.5, 0.6) is 0 Å².